The Labute approximate surface area is 115 Å². The zero-order chi connectivity index (χ0) is 13.6. The first-order chi connectivity index (χ1) is 8.48. The lowest BCUT2D eigenvalue weighted by molar-refractivity contribution is -0.147. The highest BCUT2D eigenvalue weighted by molar-refractivity contribution is 7.99. The zero-order valence-electron chi connectivity index (χ0n) is 12.1. The number of nitrogens with one attached hydrogen (secondary N) is 1. The molecule has 4 heteroatoms. The quantitative estimate of drug-likeness (QED) is 0.724. The van der Waals surface area contributed by atoms with E-state index < -0.39 is 5.54 Å². The van der Waals surface area contributed by atoms with Crippen LogP contribution in [0.4, 0.5) is 0 Å². The van der Waals surface area contributed by atoms with Gasteiger partial charge in [0, 0.05) is 11.8 Å². The Morgan fingerprint density at radius 1 is 1.44 bits per heavy atom. The molecule has 0 aliphatic heterocycles. The van der Waals surface area contributed by atoms with E-state index in [9.17, 15) is 4.79 Å². The highest BCUT2D eigenvalue weighted by Gasteiger charge is 2.34. The number of hydrogen-bond donors (Lipinski definition) is 1. The van der Waals surface area contributed by atoms with E-state index in [0.29, 0.717) is 0 Å². The van der Waals surface area contributed by atoms with Crippen molar-refractivity contribution >= 4 is 17.7 Å². The van der Waals surface area contributed by atoms with Gasteiger partial charge in [0.2, 0.25) is 0 Å². The summed E-state index contributed by atoms with van der Waals surface area (Å²) in [6.07, 6.45) is 5.48. The molecule has 0 spiro atoms. The summed E-state index contributed by atoms with van der Waals surface area (Å²) in [5.41, 5.74) is -0.563. The van der Waals surface area contributed by atoms with Crippen LogP contribution in [0, 0.1) is 5.92 Å². The molecule has 0 aromatic rings. The second kappa shape index (κ2) is 7.39. The Hall–Kier alpha value is -0.220. The number of carbonyl (C=O) groups excluding carboxylic acids is 1. The molecule has 0 saturated heterocycles. The molecule has 1 N–H and O–H groups in total. The fourth-order valence-corrected chi connectivity index (χ4v) is 4.02. The van der Waals surface area contributed by atoms with Crippen LogP contribution in [0.1, 0.15) is 46.5 Å². The van der Waals surface area contributed by atoms with E-state index in [2.05, 4.69) is 19.2 Å². The van der Waals surface area contributed by atoms with E-state index in [1.165, 1.54) is 38.5 Å². The Bertz CT molecular complexity index is 265. The van der Waals surface area contributed by atoms with Crippen LogP contribution in [0.3, 0.4) is 0 Å². The van der Waals surface area contributed by atoms with Crippen molar-refractivity contribution < 1.29 is 9.53 Å². The second-order valence-electron chi connectivity index (χ2n) is 5.79. The van der Waals surface area contributed by atoms with Crippen LogP contribution in [0.5, 0.6) is 0 Å². The number of esters is 1. The monoisotopic (exact) mass is 273 g/mol. The zero-order valence-corrected chi connectivity index (χ0v) is 12.9. The van der Waals surface area contributed by atoms with Crippen LogP contribution in [-0.2, 0) is 9.53 Å². The third kappa shape index (κ3) is 4.81. The molecule has 0 aromatic heterocycles. The summed E-state index contributed by atoms with van der Waals surface area (Å²) in [6.45, 7) is 6.06. The van der Waals surface area contributed by atoms with Gasteiger partial charge in [0.05, 0.1) is 7.11 Å². The fraction of sp³-hybridized carbons (Fsp3) is 0.929. The maximum Gasteiger partial charge on any atom is 0.326 e. The van der Waals surface area contributed by atoms with E-state index >= 15 is 0 Å². The summed E-state index contributed by atoms with van der Waals surface area (Å²) in [5, 5.41) is 3.34. The molecule has 0 aromatic carbocycles. The smallest absolute Gasteiger partial charge is 0.326 e. The lowest BCUT2D eigenvalue weighted by atomic mass is 10.0. The molecule has 1 aliphatic carbocycles. The minimum absolute atomic E-state index is 0.157. The van der Waals surface area contributed by atoms with Crippen LogP contribution in [-0.4, -0.2) is 36.2 Å². The molecule has 1 saturated carbocycles. The molecular formula is C14H27NO2S. The summed E-state index contributed by atoms with van der Waals surface area (Å²) < 4.78 is 4.92. The Kier molecular flexibility index (Phi) is 6.50. The van der Waals surface area contributed by atoms with Crippen molar-refractivity contribution in [2.75, 3.05) is 18.6 Å². The average molecular weight is 273 g/mol. The lowest BCUT2D eigenvalue weighted by Crippen LogP contribution is -2.55. The number of rotatable bonds is 7. The second-order valence-corrected chi connectivity index (χ2v) is 6.82. The number of hydrogen-bond acceptors (Lipinski definition) is 4. The molecule has 1 atom stereocenters. The van der Waals surface area contributed by atoms with Gasteiger partial charge in [-0.15, -0.1) is 0 Å². The van der Waals surface area contributed by atoms with E-state index in [0.717, 1.165) is 11.7 Å². The van der Waals surface area contributed by atoms with Gasteiger partial charge in [0.25, 0.3) is 0 Å². The van der Waals surface area contributed by atoms with Gasteiger partial charge >= 0.3 is 5.97 Å². The Balaban J connectivity index is 2.42. The van der Waals surface area contributed by atoms with Gasteiger partial charge in [-0.25, -0.2) is 0 Å². The minimum Gasteiger partial charge on any atom is -0.468 e. The summed E-state index contributed by atoms with van der Waals surface area (Å²) in [7, 11) is 1.46. The summed E-state index contributed by atoms with van der Waals surface area (Å²) in [6, 6.07) is 0.279. The van der Waals surface area contributed by atoms with Crippen molar-refractivity contribution in [2.24, 2.45) is 5.92 Å². The molecule has 0 radical (unpaired) electrons. The molecule has 18 heavy (non-hydrogen) atoms. The van der Waals surface area contributed by atoms with Gasteiger partial charge in [0.1, 0.15) is 5.54 Å². The SMILES string of the molecule is COC(=O)C(C)(CSCC1CCCC1)NC(C)C. The predicted octanol–water partition coefficient (Wildman–Crippen LogP) is 2.84. The molecule has 0 bridgehead atoms. The summed E-state index contributed by atoms with van der Waals surface area (Å²) in [4.78, 5) is 11.9. The predicted molar refractivity (Wildman–Crippen MR) is 78.0 cm³/mol. The third-order valence-electron chi connectivity index (χ3n) is 3.46. The fourth-order valence-electron chi connectivity index (χ4n) is 2.63. The summed E-state index contributed by atoms with van der Waals surface area (Å²) >= 11 is 1.88. The molecule has 106 valence electrons. The average Bonchev–Trinajstić information content (AvgIpc) is 2.80. The number of carbonyl (C=O) groups is 1. The minimum atomic E-state index is -0.563. The first-order valence-electron chi connectivity index (χ1n) is 6.92. The van der Waals surface area contributed by atoms with Gasteiger partial charge in [0.15, 0.2) is 0 Å². The topological polar surface area (TPSA) is 38.3 Å². The van der Waals surface area contributed by atoms with Crippen molar-refractivity contribution in [3.63, 3.8) is 0 Å². The van der Waals surface area contributed by atoms with Crippen molar-refractivity contribution in [1.82, 2.24) is 5.32 Å². The highest BCUT2D eigenvalue weighted by atomic mass is 32.2. The van der Waals surface area contributed by atoms with Gasteiger partial charge in [-0.05, 0) is 45.3 Å². The molecular weight excluding hydrogens is 246 g/mol. The van der Waals surface area contributed by atoms with E-state index in [-0.39, 0.29) is 12.0 Å². The first-order valence-corrected chi connectivity index (χ1v) is 8.07. The third-order valence-corrected chi connectivity index (χ3v) is 4.95. The van der Waals surface area contributed by atoms with Crippen molar-refractivity contribution in [3.8, 4) is 0 Å². The van der Waals surface area contributed by atoms with Crippen LogP contribution >= 0.6 is 11.8 Å². The molecule has 1 aliphatic rings. The Morgan fingerprint density at radius 3 is 2.56 bits per heavy atom. The van der Waals surface area contributed by atoms with Gasteiger partial charge < -0.3 is 4.74 Å². The molecule has 1 rings (SSSR count). The van der Waals surface area contributed by atoms with Crippen LogP contribution in [0.15, 0.2) is 0 Å². The highest BCUT2D eigenvalue weighted by Crippen LogP contribution is 2.29. The maximum atomic E-state index is 11.9. The number of thioether (sulfide) groups is 1. The van der Waals surface area contributed by atoms with Crippen LogP contribution in [0.2, 0.25) is 0 Å². The molecule has 1 fully saturated rings. The number of ether oxygens (including phenoxy) is 1. The first kappa shape index (κ1) is 15.8. The largest absolute Gasteiger partial charge is 0.468 e. The molecule has 3 nitrogen and oxygen atoms in total. The van der Waals surface area contributed by atoms with Crippen molar-refractivity contribution in [3.05, 3.63) is 0 Å². The molecule has 1 unspecified atom stereocenters. The van der Waals surface area contributed by atoms with Crippen LogP contribution in [0.25, 0.3) is 0 Å². The Morgan fingerprint density at radius 2 is 2.06 bits per heavy atom. The standard InChI is InChI=1S/C14H27NO2S/c1-11(2)15-14(3,13(16)17-4)10-18-9-12-7-5-6-8-12/h11-12,15H,5-10H2,1-4H3. The normalized spacial score (nSPS) is 20.1. The van der Waals surface area contributed by atoms with Crippen molar-refractivity contribution in [2.45, 2.75) is 58.0 Å². The lowest BCUT2D eigenvalue weighted by Gasteiger charge is -2.30. The van der Waals surface area contributed by atoms with Gasteiger partial charge in [-0.2, -0.15) is 11.8 Å². The van der Waals surface area contributed by atoms with Gasteiger partial charge in [-0.3, -0.25) is 10.1 Å². The molecule has 0 amide bonds. The summed E-state index contributed by atoms with van der Waals surface area (Å²) in [5.74, 6) is 2.66. The van der Waals surface area contributed by atoms with E-state index in [1.54, 1.807) is 0 Å². The van der Waals surface area contributed by atoms with Gasteiger partial charge in [-0.1, -0.05) is 12.8 Å². The van der Waals surface area contributed by atoms with Crippen molar-refractivity contribution in [1.29, 1.82) is 0 Å². The van der Waals surface area contributed by atoms with Crippen LogP contribution < -0.4 is 5.32 Å². The maximum absolute atomic E-state index is 11.9. The molecule has 0 heterocycles. The van der Waals surface area contributed by atoms with E-state index in [4.69, 9.17) is 4.74 Å². The van der Waals surface area contributed by atoms with E-state index in [1.807, 2.05) is 18.7 Å². The number of methoxy groups -OCH3 is 1.